The van der Waals surface area contributed by atoms with Gasteiger partial charge in [0.05, 0.1) is 12.3 Å². The van der Waals surface area contributed by atoms with Gasteiger partial charge in [-0.15, -0.1) is 0 Å². The van der Waals surface area contributed by atoms with Gasteiger partial charge in [-0.2, -0.15) is 0 Å². The molecule has 1 aromatic heterocycles. The van der Waals surface area contributed by atoms with Crippen molar-refractivity contribution in [2.24, 2.45) is 11.7 Å². The summed E-state index contributed by atoms with van der Waals surface area (Å²) < 4.78 is 6.33. The van der Waals surface area contributed by atoms with Gasteiger partial charge in [-0.3, -0.25) is 19.2 Å². The molecule has 4 amide bonds. The summed E-state index contributed by atoms with van der Waals surface area (Å²) in [5, 5.41) is 5.25. The van der Waals surface area contributed by atoms with Crippen LogP contribution < -0.4 is 16.4 Å². The molecule has 0 bridgehead atoms. The van der Waals surface area contributed by atoms with Gasteiger partial charge in [0.1, 0.15) is 24.5 Å². The molecule has 0 radical (unpaired) electrons. The zero-order valence-electron chi connectivity index (χ0n) is 18.8. The van der Waals surface area contributed by atoms with Gasteiger partial charge in [-0.25, -0.2) is 14.3 Å². The average Bonchev–Trinajstić information content (AvgIpc) is 3.51. The van der Waals surface area contributed by atoms with E-state index in [4.69, 9.17) is 10.5 Å². The molecule has 2 saturated heterocycles. The molecule has 2 aliphatic rings. The van der Waals surface area contributed by atoms with E-state index in [1.165, 1.54) is 22.0 Å². The number of imidazole rings is 1. The molecule has 12 nitrogen and oxygen atoms in total. The van der Waals surface area contributed by atoms with E-state index in [1.807, 2.05) is 13.8 Å². The highest BCUT2D eigenvalue weighted by Gasteiger charge is 2.38. The van der Waals surface area contributed by atoms with Gasteiger partial charge in [0.2, 0.25) is 23.6 Å². The molecule has 2 fully saturated rings. The summed E-state index contributed by atoms with van der Waals surface area (Å²) in [6.07, 6.45) is 3.73. The number of nitrogens with one attached hydrogen (secondary N) is 2. The van der Waals surface area contributed by atoms with Crippen molar-refractivity contribution in [3.63, 3.8) is 0 Å². The summed E-state index contributed by atoms with van der Waals surface area (Å²) in [6.45, 7) is 4.42. The molecule has 12 heteroatoms. The van der Waals surface area contributed by atoms with E-state index in [0.29, 0.717) is 31.5 Å². The minimum absolute atomic E-state index is 0.0162. The van der Waals surface area contributed by atoms with Crippen molar-refractivity contribution in [1.82, 2.24) is 25.1 Å². The van der Waals surface area contributed by atoms with Crippen molar-refractivity contribution >= 4 is 29.7 Å². The van der Waals surface area contributed by atoms with Crippen LogP contribution in [0.25, 0.3) is 0 Å². The zero-order chi connectivity index (χ0) is 24.1. The van der Waals surface area contributed by atoms with Crippen molar-refractivity contribution < 1.29 is 28.7 Å². The summed E-state index contributed by atoms with van der Waals surface area (Å²) in [5.41, 5.74) is 5.82. The molecule has 33 heavy (non-hydrogen) atoms. The van der Waals surface area contributed by atoms with Crippen molar-refractivity contribution in [1.29, 1.82) is 0 Å². The maximum Gasteiger partial charge on any atom is 0.419 e. The number of hydrogen-bond acceptors (Lipinski definition) is 7. The number of likely N-dealkylation sites (tertiary alicyclic amines) is 1. The topological polar surface area (TPSA) is 166 Å². The lowest BCUT2D eigenvalue weighted by Crippen LogP contribution is -2.56. The van der Waals surface area contributed by atoms with Gasteiger partial charge in [0, 0.05) is 25.6 Å². The maximum absolute atomic E-state index is 13.3. The predicted molar refractivity (Wildman–Crippen MR) is 115 cm³/mol. The van der Waals surface area contributed by atoms with Crippen LogP contribution in [0.3, 0.4) is 0 Å². The first-order chi connectivity index (χ1) is 15.7. The number of hydrogen-bond donors (Lipinski definition) is 3. The Bertz CT molecular complexity index is 928. The molecular weight excluding hydrogens is 432 g/mol. The van der Waals surface area contributed by atoms with Crippen LogP contribution in [0.2, 0.25) is 0 Å². The Kier molecular flexibility index (Phi) is 7.67. The fraction of sp³-hybridized carbons (Fsp3) is 0.619. The monoisotopic (exact) mass is 462 g/mol. The standard InChI is InChI=1S/C21H30N6O6/c1-12(2)10-33-21(32)26-9-13(23-11-26)8-15(25-19(30)14-5-6-17(28)24-14)20(31)27-7-3-4-16(27)18(22)29/h9,11-12,14-16H,3-8,10H2,1-2H3,(H2,22,29)(H,24,28)(H,25,30)/t14-,15-,16-/m0/s1. The number of rotatable bonds is 8. The minimum atomic E-state index is -1.05. The Labute approximate surface area is 191 Å². The summed E-state index contributed by atoms with van der Waals surface area (Å²) in [5.74, 6) is -1.63. The molecule has 180 valence electrons. The normalized spacial score (nSPS) is 21.1. The van der Waals surface area contributed by atoms with Crippen LogP contribution in [0.5, 0.6) is 0 Å². The number of carbonyl (C=O) groups is 5. The Balaban J connectivity index is 1.75. The summed E-state index contributed by atoms with van der Waals surface area (Å²) >= 11 is 0. The molecular formula is C21H30N6O6. The molecule has 0 aliphatic carbocycles. The highest BCUT2D eigenvalue weighted by atomic mass is 16.5. The maximum atomic E-state index is 13.3. The van der Waals surface area contributed by atoms with Gasteiger partial charge in [-0.1, -0.05) is 13.8 Å². The first-order valence-corrected chi connectivity index (χ1v) is 11.0. The van der Waals surface area contributed by atoms with Crippen LogP contribution in [0.15, 0.2) is 12.5 Å². The number of nitrogens with zero attached hydrogens (tertiary/aromatic N) is 3. The molecule has 3 rings (SSSR count). The van der Waals surface area contributed by atoms with Crippen molar-refractivity contribution in [3.05, 3.63) is 18.2 Å². The fourth-order valence-corrected chi connectivity index (χ4v) is 3.90. The Hall–Kier alpha value is -3.44. The molecule has 0 unspecified atom stereocenters. The van der Waals surface area contributed by atoms with Gasteiger partial charge >= 0.3 is 6.09 Å². The smallest absolute Gasteiger partial charge is 0.419 e. The summed E-state index contributed by atoms with van der Waals surface area (Å²) in [7, 11) is 0. The van der Waals surface area contributed by atoms with Crippen LogP contribution >= 0.6 is 0 Å². The van der Waals surface area contributed by atoms with Crippen LogP contribution in [0.4, 0.5) is 4.79 Å². The Morgan fingerprint density at radius 3 is 2.70 bits per heavy atom. The first-order valence-electron chi connectivity index (χ1n) is 11.0. The second kappa shape index (κ2) is 10.5. The second-order valence-electron chi connectivity index (χ2n) is 8.76. The fourth-order valence-electron chi connectivity index (χ4n) is 3.90. The van der Waals surface area contributed by atoms with Gasteiger partial charge < -0.3 is 26.0 Å². The number of aromatic nitrogens is 2. The third kappa shape index (κ3) is 6.08. The summed E-state index contributed by atoms with van der Waals surface area (Å²) in [6, 6.07) is -2.53. The lowest BCUT2D eigenvalue weighted by molar-refractivity contribution is -0.140. The van der Waals surface area contributed by atoms with E-state index in [0.717, 1.165) is 0 Å². The number of nitrogens with two attached hydrogens (primary N) is 1. The number of carbonyl (C=O) groups excluding carboxylic acids is 5. The largest absolute Gasteiger partial charge is 0.449 e. The lowest BCUT2D eigenvalue weighted by atomic mass is 10.1. The molecule has 0 spiro atoms. The number of ether oxygens (including phenoxy) is 1. The molecule has 2 aliphatic heterocycles. The van der Waals surface area contributed by atoms with E-state index in [-0.39, 0.29) is 31.3 Å². The van der Waals surface area contributed by atoms with E-state index >= 15 is 0 Å². The molecule has 0 aromatic carbocycles. The third-order valence-corrected chi connectivity index (χ3v) is 5.59. The SMILES string of the molecule is CC(C)COC(=O)n1cnc(C[C@H](NC(=O)[C@@H]2CCC(=O)N2)C(=O)N2CCC[C@H]2C(N)=O)c1. The van der Waals surface area contributed by atoms with E-state index in [2.05, 4.69) is 15.6 Å². The lowest BCUT2D eigenvalue weighted by Gasteiger charge is -2.28. The summed E-state index contributed by atoms with van der Waals surface area (Å²) in [4.78, 5) is 66.9. The average molecular weight is 463 g/mol. The third-order valence-electron chi connectivity index (χ3n) is 5.59. The molecule has 4 N–H and O–H groups in total. The van der Waals surface area contributed by atoms with E-state index < -0.39 is 41.9 Å². The zero-order valence-corrected chi connectivity index (χ0v) is 18.8. The van der Waals surface area contributed by atoms with Crippen LogP contribution in [-0.4, -0.2) is 75.5 Å². The van der Waals surface area contributed by atoms with Crippen LogP contribution in [0.1, 0.15) is 45.2 Å². The van der Waals surface area contributed by atoms with Crippen molar-refractivity contribution in [3.8, 4) is 0 Å². The Morgan fingerprint density at radius 1 is 1.30 bits per heavy atom. The van der Waals surface area contributed by atoms with Gasteiger partial charge in [0.25, 0.3) is 0 Å². The molecule has 1 aromatic rings. The predicted octanol–water partition coefficient (Wildman–Crippen LogP) is -0.694. The highest BCUT2D eigenvalue weighted by Crippen LogP contribution is 2.19. The number of primary amides is 1. The van der Waals surface area contributed by atoms with Crippen molar-refractivity contribution in [2.45, 2.75) is 64.1 Å². The van der Waals surface area contributed by atoms with Crippen molar-refractivity contribution in [2.75, 3.05) is 13.2 Å². The number of amides is 4. The van der Waals surface area contributed by atoms with Gasteiger partial charge in [-0.05, 0) is 25.2 Å². The van der Waals surface area contributed by atoms with Gasteiger partial charge in [0.15, 0.2) is 0 Å². The first kappa shape index (κ1) is 24.2. The highest BCUT2D eigenvalue weighted by molar-refractivity contribution is 5.95. The Morgan fingerprint density at radius 2 is 2.06 bits per heavy atom. The molecule has 0 saturated carbocycles. The van der Waals surface area contributed by atoms with E-state index in [9.17, 15) is 24.0 Å². The molecule has 3 heterocycles. The van der Waals surface area contributed by atoms with Crippen LogP contribution in [0, 0.1) is 5.92 Å². The quantitative estimate of drug-likeness (QED) is 0.460. The minimum Gasteiger partial charge on any atom is -0.449 e. The van der Waals surface area contributed by atoms with Crippen LogP contribution in [-0.2, 0) is 30.3 Å². The second-order valence-corrected chi connectivity index (χ2v) is 8.76. The molecule has 3 atom stereocenters. The van der Waals surface area contributed by atoms with E-state index in [1.54, 1.807) is 0 Å².